The van der Waals surface area contributed by atoms with Crippen LogP contribution >= 0.6 is 0 Å². The summed E-state index contributed by atoms with van der Waals surface area (Å²) in [6.07, 6.45) is 0.460. The SMILES string of the molecule is CC(=O)CNC(=O)[C@H](C)NC(=O)[C@H](CC(N)=O)NC(=O)CCCC(=O)N1CCC(C(=O)O)CC1. The average Bonchev–Trinajstić information content (AvgIpc) is 2.76. The van der Waals surface area contributed by atoms with Crippen LogP contribution in [0.5, 0.6) is 0 Å². The van der Waals surface area contributed by atoms with Crippen LogP contribution in [0.1, 0.15) is 52.4 Å². The number of Topliss-reactive ketones (excluding diaryl/α,β-unsaturated/α-hetero) is 1. The van der Waals surface area contributed by atoms with Crippen LogP contribution in [0.4, 0.5) is 0 Å². The van der Waals surface area contributed by atoms with Gasteiger partial charge in [-0.25, -0.2) is 0 Å². The van der Waals surface area contributed by atoms with Crippen LogP contribution in [0.25, 0.3) is 0 Å². The molecule has 1 heterocycles. The van der Waals surface area contributed by atoms with E-state index in [9.17, 15) is 33.6 Å². The van der Waals surface area contributed by atoms with Gasteiger partial charge in [-0.3, -0.25) is 33.6 Å². The molecule has 1 fully saturated rings. The molecule has 0 aromatic heterocycles. The second-order valence-electron chi connectivity index (χ2n) is 8.29. The lowest BCUT2D eigenvalue weighted by Gasteiger charge is -2.30. The molecular weight excluding hydrogens is 450 g/mol. The van der Waals surface area contributed by atoms with Gasteiger partial charge >= 0.3 is 5.97 Å². The third kappa shape index (κ3) is 10.4. The van der Waals surface area contributed by atoms with Gasteiger partial charge in [-0.2, -0.15) is 0 Å². The monoisotopic (exact) mass is 483 g/mol. The van der Waals surface area contributed by atoms with E-state index in [1.807, 2.05) is 0 Å². The Bertz CT molecular complexity index is 807. The van der Waals surface area contributed by atoms with Crippen LogP contribution in [0.2, 0.25) is 0 Å². The molecule has 0 aromatic carbocycles. The number of carboxylic acid groups (broad SMARTS) is 1. The van der Waals surface area contributed by atoms with Crippen molar-refractivity contribution in [3.63, 3.8) is 0 Å². The van der Waals surface area contributed by atoms with Gasteiger partial charge in [-0.15, -0.1) is 0 Å². The molecule has 0 radical (unpaired) electrons. The van der Waals surface area contributed by atoms with Crippen molar-refractivity contribution in [2.24, 2.45) is 11.7 Å². The van der Waals surface area contributed by atoms with Crippen molar-refractivity contribution in [1.82, 2.24) is 20.9 Å². The zero-order chi connectivity index (χ0) is 25.8. The molecule has 5 amide bonds. The Hall–Kier alpha value is -3.51. The lowest BCUT2D eigenvalue weighted by Crippen LogP contribution is -2.54. The highest BCUT2D eigenvalue weighted by molar-refractivity contribution is 5.95. The standard InChI is InChI=1S/C21H33N5O8/c1-12(27)11-23-19(31)13(2)24-20(32)15(10-16(22)28)25-17(29)4-3-5-18(30)26-8-6-14(7-9-26)21(33)34/h13-15H,3-11H2,1-2H3,(H2,22,28)(H,23,31)(H,24,32)(H,25,29)(H,33,34)/t13-,15-/m0/s1. The molecule has 2 atom stereocenters. The van der Waals surface area contributed by atoms with Gasteiger partial charge < -0.3 is 31.7 Å². The maximum absolute atomic E-state index is 12.4. The zero-order valence-electron chi connectivity index (χ0n) is 19.4. The number of likely N-dealkylation sites (tertiary alicyclic amines) is 1. The van der Waals surface area contributed by atoms with E-state index in [0.717, 1.165) is 0 Å². The van der Waals surface area contributed by atoms with E-state index in [2.05, 4.69) is 16.0 Å². The number of nitrogens with zero attached hydrogens (tertiary/aromatic N) is 1. The minimum Gasteiger partial charge on any atom is -0.481 e. The normalized spacial score (nSPS) is 15.5. The summed E-state index contributed by atoms with van der Waals surface area (Å²) < 4.78 is 0. The number of carbonyl (C=O) groups is 7. The number of hydrogen-bond donors (Lipinski definition) is 5. The van der Waals surface area contributed by atoms with E-state index in [1.165, 1.54) is 13.8 Å². The number of primary amides is 1. The Labute approximate surface area is 197 Å². The molecule has 0 unspecified atom stereocenters. The average molecular weight is 484 g/mol. The lowest BCUT2D eigenvalue weighted by atomic mass is 9.97. The fourth-order valence-corrected chi connectivity index (χ4v) is 3.36. The molecule has 34 heavy (non-hydrogen) atoms. The summed E-state index contributed by atoms with van der Waals surface area (Å²) in [6.45, 7) is 3.16. The Morgan fingerprint density at radius 3 is 2.15 bits per heavy atom. The van der Waals surface area contributed by atoms with Gasteiger partial charge in [0.2, 0.25) is 29.5 Å². The first-order valence-corrected chi connectivity index (χ1v) is 11.1. The van der Waals surface area contributed by atoms with Crippen molar-refractivity contribution < 1.29 is 38.7 Å². The van der Waals surface area contributed by atoms with E-state index in [1.54, 1.807) is 4.90 Å². The molecule has 13 nitrogen and oxygen atoms in total. The number of amides is 5. The second kappa shape index (κ2) is 13.9. The van der Waals surface area contributed by atoms with Gasteiger partial charge in [0.25, 0.3) is 0 Å². The Morgan fingerprint density at radius 1 is 1.00 bits per heavy atom. The maximum atomic E-state index is 12.4. The molecule has 1 saturated heterocycles. The Kier molecular flexibility index (Phi) is 11.7. The molecule has 190 valence electrons. The first-order valence-electron chi connectivity index (χ1n) is 11.1. The first-order chi connectivity index (χ1) is 15.9. The van der Waals surface area contributed by atoms with Gasteiger partial charge in [-0.1, -0.05) is 0 Å². The summed E-state index contributed by atoms with van der Waals surface area (Å²) in [4.78, 5) is 83.7. The van der Waals surface area contributed by atoms with E-state index in [-0.39, 0.29) is 37.5 Å². The number of ketones is 1. The van der Waals surface area contributed by atoms with Crippen LogP contribution in [0.3, 0.4) is 0 Å². The second-order valence-corrected chi connectivity index (χ2v) is 8.29. The lowest BCUT2D eigenvalue weighted by molar-refractivity contribution is -0.145. The minimum absolute atomic E-state index is 0.0746. The van der Waals surface area contributed by atoms with Gasteiger partial charge in [0.15, 0.2) is 0 Å². The molecule has 0 aliphatic carbocycles. The van der Waals surface area contributed by atoms with E-state index < -0.39 is 54.0 Å². The topological polar surface area (TPSA) is 205 Å². The summed E-state index contributed by atoms with van der Waals surface area (Å²) in [6, 6.07) is -2.33. The number of nitrogens with one attached hydrogen (secondary N) is 3. The third-order valence-electron chi connectivity index (χ3n) is 5.31. The number of nitrogens with two attached hydrogens (primary N) is 1. The molecule has 1 aliphatic heterocycles. The van der Waals surface area contributed by atoms with Crippen LogP contribution in [0.15, 0.2) is 0 Å². The summed E-state index contributed by atoms with van der Waals surface area (Å²) >= 11 is 0. The van der Waals surface area contributed by atoms with E-state index in [0.29, 0.717) is 25.9 Å². The van der Waals surface area contributed by atoms with Gasteiger partial charge in [0.05, 0.1) is 18.9 Å². The number of piperidine rings is 1. The number of hydrogen-bond acceptors (Lipinski definition) is 7. The van der Waals surface area contributed by atoms with Crippen molar-refractivity contribution in [3.05, 3.63) is 0 Å². The van der Waals surface area contributed by atoms with Crippen molar-refractivity contribution in [3.8, 4) is 0 Å². The number of carbonyl (C=O) groups excluding carboxylic acids is 6. The number of rotatable bonds is 13. The molecule has 0 aromatic rings. The highest BCUT2D eigenvalue weighted by atomic mass is 16.4. The van der Waals surface area contributed by atoms with Gasteiger partial charge in [0, 0.05) is 25.9 Å². The van der Waals surface area contributed by atoms with E-state index in [4.69, 9.17) is 10.8 Å². The first kappa shape index (κ1) is 28.5. The highest BCUT2D eigenvalue weighted by Crippen LogP contribution is 2.18. The summed E-state index contributed by atoms with van der Waals surface area (Å²) in [7, 11) is 0. The predicted octanol–water partition coefficient (Wildman–Crippen LogP) is -1.95. The highest BCUT2D eigenvalue weighted by Gasteiger charge is 2.28. The smallest absolute Gasteiger partial charge is 0.306 e. The fourth-order valence-electron chi connectivity index (χ4n) is 3.36. The van der Waals surface area contributed by atoms with E-state index >= 15 is 0 Å². The number of aliphatic carboxylic acids is 1. The van der Waals surface area contributed by atoms with Crippen molar-refractivity contribution in [2.45, 2.75) is 64.5 Å². The molecule has 13 heteroatoms. The Morgan fingerprint density at radius 2 is 1.62 bits per heavy atom. The van der Waals surface area contributed by atoms with Gasteiger partial charge in [-0.05, 0) is 33.1 Å². The summed E-state index contributed by atoms with van der Waals surface area (Å²) in [5.74, 6) is -4.60. The molecular formula is C21H33N5O8. The maximum Gasteiger partial charge on any atom is 0.306 e. The molecule has 0 bridgehead atoms. The minimum atomic E-state index is -1.31. The quantitative estimate of drug-likeness (QED) is 0.198. The predicted molar refractivity (Wildman–Crippen MR) is 118 cm³/mol. The Balaban J connectivity index is 2.49. The summed E-state index contributed by atoms with van der Waals surface area (Å²) in [5.41, 5.74) is 5.16. The van der Waals surface area contributed by atoms with Crippen molar-refractivity contribution in [1.29, 1.82) is 0 Å². The zero-order valence-corrected chi connectivity index (χ0v) is 19.4. The molecule has 1 rings (SSSR count). The molecule has 0 saturated carbocycles. The fraction of sp³-hybridized carbons (Fsp3) is 0.667. The molecule has 0 spiro atoms. The van der Waals surface area contributed by atoms with Crippen LogP contribution < -0.4 is 21.7 Å². The number of carboxylic acids is 1. The largest absolute Gasteiger partial charge is 0.481 e. The van der Waals surface area contributed by atoms with Crippen molar-refractivity contribution in [2.75, 3.05) is 19.6 Å². The van der Waals surface area contributed by atoms with Crippen LogP contribution in [-0.2, 0) is 33.6 Å². The molecule has 1 aliphatic rings. The van der Waals surface area contributed by atoms with Crippen LogP contribution in [-0.4, -0.2) is 83.0 Å². The van der Waals surface area contributed by atoms with Crippen molar-refractivity contribution >= 4 is 41.3 Å². The third-order valence-corrected chi connectivity index (χ3v) is 5.31. The summed E-state index contributed by atoms with van der Waals surface area (Å²) in [5, 5.41) is 16.1. The van der Waals surface area contributed by atoms with Crippen LogP contribution in [0, 0.1) is 5.92 Å². The molecule has 6 N–H and O–H groups in total. The van der Waals surface area contributed by atoms with Gasteiger partial charge in [0.1, 0.15) is 17.9 Å².